The van der Waals surface area contributed by atoms with Gasteiger partial charge in [0.05, 0.1) is 0 Å². The maximum absolute atomic E-state index is 5.41. The van der Waals surface area contributed by atoms with Crippen molar-refractivity contribution in [3.8, 4) is 0 Å². The van der Waals surface area contributed by atoms with Crippen LogP contribution in [0.5, 0.6) is 0 Å². The van der Waals surface area contributed by atoms with Crippen LogP contribution in [-0.2, 0) is 9.47 Å². The Kier molecular flexibility index (Phi) is 3.16. The first-order chi connectivity index (χ1) is 4.84. The van der Waals surface area contributed by atoms with Gasteiger partial charge in [-0.2, -0.15) is 0 Å². The van der Waals surface area contributed by atoms with Gasteiger partial charge in [0.15, 0.2) is 6.29 Å². The summed E-state index contributed by atoms with van der Waals surface area (Å²) < 4.78 is 10.8. The van der Waals surface area contributed by atoms with Crippen LogP contribution in [-0.4, -0.2) is 19.5 Å². The molecule has 0 aliphatic carbocycles. The van der Waals surface area contributed by atoms with Crippen LogP contribution in [0, 0.1) is 5.92 Å². The molecule has 0 bridgehead atoms. The van der Waals surface area contributed by atoms with Crippen LogP contribution in [0.25, 0.3) is 0 Å². The summed E-state index contributed by atoms with van der Waals surface area (Å²) in [5.74, 6) is 0.577. The molecule has 1 unspecified atom stereocenters. The van der Waals surface area contributed by atoms with Crippen molar-refractivity contribution in [2.75, 3.05) is 13.2 Å². The largest absolute Gasteiger partial charge is 0.353 e. The molecule has 60 valence electrons. The van der Waals surface area contributed by atoms with E-state index in [4.69, 9.17) is 9.47 Å². The van der Waals surface area contributed by atoms with Crippen LogP contribution in [0.15, 0.2) is 0 Å². The highest BCUT2D eigenvalue weighted by molar-refractivity contribution is 4.62. The number of hydrogen-bond donors (Lipinski definition) is 0. The Labute approximate surface area is 62.5 Å². The van der Waals surface area contributed by atoms with E-state index < -0.39 is 0 Å². The topological polar surface area (TPSA) is 18.5 Å². The van der Waals surface area contributed by atoms with E-state index in [0.717, 1.165) is 13.2 Å². The lowest BCUT2D eigenvalue weighted by Gasteiger charge is -2.28. The van der Waals surface area contributed by atoms with E-state index in [1.807, 2.05) is 6.92 Å². The molecule has 2 atom stereocenters. The first kappa shape index (κ1) is 8.02. The van der Waals surface area contributed by atoms with Gasteiger partial charge in [0.2, 0.25) is 0 Å². The minimum absolute atomic E-state index is 0.0683. The normalized spacial score (nSPS) is 34.2. The van der Waals surface area contributed by atoms with Crippen molar-refractivity contribution in [3.63, 3.8) is 0 Å². The fourth-order valence-electron chi connectivity index (χ4n) is 1.28. The summed E-state index contributed by atoms with van der Waals surface area (Å²) in [6, 6.07) is 0. The van der Waals surface area contributed by atoms with Crippen molar-refractivity contribution in [1.82, 2.24) is 0 Å². The molecule has 2 heteroatoms. The summed E-state index contributed by atoms with van der Waals surface area (Å²) in [5, 5.41) is 0. The summed E-state index contributed by atoms with van der Waals surface area (Å²) in [6.45, 7) is 5.81. The predicted molar refractivity (Wildman–Crippen MR) is 39.8 cm³/mol. The van der Waals surface area contributed by atoms with E-state index in [0.29, 0.717) is 5.92 Å². The van der Waals surface area contributed by atoms with Gasteiger partial charge in [-0.25, -0.2) is 0 Å². The molecule has 0 spiro atoms. The SMILES string of the molecule is CCOC1OCCC[C@H]1C. The fourth-order valence-corrected chi connectivity index (χ4v) is 1.28. The van der Waals surface area contributed by atoms with Crippen molar-refractivity contribution >= 4 is 0 Å². The first-order valence-electron chi connectivity index (χ1n) is 4.07. The summed E-state index contributed by atoms with van der Waals surface area (Å²) >= 11 is 0. The Morgan fingerprint density at radius 2 is 2.40 bits per heavy atom. The second-order valence-corrected chi connectivity index (χ2v) is 2.81. The Hall–Kier alpha value is -0.0800. The van der Waals surface area contributed by atoms with Gasteiger partial charge in [-0.05, 0) is 19.8 Å². The van der Waals surface area contributed by atoms with Crippen molar-refractivity contribution in [1.29, 1.82) is 0 Å². The smallest absolute Gasteiger partial charge is 0.160 e. The van der Waals surface area contributed by atoms with Gasteiger partial charge in [-0.3, -0.25) is 0 Å². The molecule has 1 rings (SSSR count). The predicted octanol–water partition coefficient (Wildman–Crippen LogP) is 1.80. The molecular weight excluding hydrogens is 128 g/mol. The van der Waals surface area contributed by atoms with Gasteiger partial charge in [0.25, 0.3) is 0 Å². The lowest BCUT2D eigenvalue weighted by atomic mass is 10.0. The Bertz CT molecular complexity index is 91.3. The molecule has 1 saturated heterocycles. The van der Waals surface area contributed by atoms with E-state index in [1.54, 1.807) is 0 Å². The lowest BCUT2D eigenvalue weighted by molar-refractivity contribution is -0.186. The highest BCUT2D eigenvalue weighted by Crippen LogP contribution is 2.20. The van der Waals surface area contributed by atoms with E-state index in [-0.39, 0.29) is 6.29 Å². The van der Waals surface area contributed by atoms with Gasteiger partial charge in [0, 0.05) is 19.1 Å². The van der Waals surface area contributed by atoms with Crippen LogP contribution >= 0.6 is 0 Å². The maximum Gasteiger partial charge on any atom is 0.160 e. The summed E-state index contributed by atoms with van der Waals surface area (Å²) in [5.41, 5.74) is 0. The van der Waals surface area contributed by atoms with Crippen LogP contribution < -0.4 is 0 Å². The quantitative estimate of drug-likeness (QED) is 0.588. The molecule has 0 N–H and O–H groups in total. The van der Waals surface area contributed by atoms with Crippen molar-refractivity contribution in [2.24, 2.45) is 5.92 Å². The van der Waals surface area contributed by atoms with Gasteiger partial charge < -0.3 is 9.47 Å². The highest BCUT2D eigenvalue weighted by atomic mass is 16.7. The third-order valence-electron chi connectivity index (χ3n) is 1.88. The number of rotatable bonds is 2. The highest BCUT2D eigenvalue weighted by Gasteiger charge is 2.21. The van der Waals surface area contributed by atoms with Gasteiger partial charge >= 0.3 is 0 Å². The molecule has 0 aromatic carbocycles. The molecule has 0 aromatic rings. The number of ether oxygens (including phenoxy) is 2. The summed E-state index contributed by atoms with van der Waals surface area (Å²) in [7, 11) is 0. The van der Waals surface area contributed by atoms with Crippen LogP contribution in [0.4, 0.5) is 0 Å². The van der Waals surface area contributed by atoms with E-state index in [1.165, 1.54) is 12.8 Å². The zero-order valence-corrected chi connectivity index (χ0v) is 6.80. The molecule has 0 saturated carbocycles. The summed E-state index contributed by atoms with van der Waals surface area (Å²) in [4.78, 5) is 0. The van der Waals surface area contributed by atoms with Crippen LogP contribution in [0.3, 0.4) is 0 Å². The van der Waals surface area contributed by atoms with E-state index in [2.05, 4.69) is 6.92 Å². The molecule has 1 fully saturated rings. The number of hydrogen-bond acceptors (Lipinski definition) is 2. The molecule has 1 aliphatic heterocycles. The third kappa shape index (κ3) is 1.96. The Morgan fingerprint density at radius 1 is 1.60 bits per heavy atom. The minimum Gasteiger partial charge on any atom is -0.353 e. The molecule has 1 heterocycles. The third-order valence-corrected chi connectivity index (χ3v) is 1.88. The maximum atomic E-state index is 5.41. The van der Waals surface area contributed by atoms with Gasteiger partial charge in [0.1, 0.15) is 0 Å². The second kappa shape index (κ2) is 3.94. The molecule has 1 aliphatic rings. The Morgan fingerprint density at radius 3 is 3.00 bits per heavy atom. The molecule has 0 aromatic heterocycles. The lowest BCUT2D eigenvalue weighted by Crippen LogP contribution is -2.30. The van der Waals surface area contributed by atoms with Crippen molar-refractivity contribution < 1.29 is 9.47 Å². The fraction of sp³-hybridized carbons (Fsp3) is 1.00. The van der Waals surface area contributed by atoms with Gasteiger partial charge in [-0.1, -0.05) is 6.92 Å². The zero-order valence-electron chi connectivity index (χ0n) is 6.80. The van der Waals surface area contributed by atoms with E-state index in [9.17, 15) is 0 Å². The minimum atomic E-state index is 0.0683. The molecular formula is C8H16O2. The Balaban J connectivity index is 2.25. The van der Waals surface area contributed by atoms with Crippen LogP contribution in [0.2, 0.25) is 0 Å². The average molecular weight is 144 g/mol. The average Bonchev–Trinajstić information content (AvgIpc) is 1.94. The molecule has 0 radical (unpaired) electrons. The van der Waals surface area contributed by atoms with Crippen LogP contribution in [0.1, 0.15) is 26.7 Å². The van der Waals surface area contributed by atoms with Crippen molar-refractivity contribution in [2.45, 2.75) is 33.0 Å². The molecule has 10 heavy (non-hydrogen) atoms. The van der Waals surface area contributed by atoms with Gasteiger partial charge in [-0.15, -0.1) is 0 Å². The standard InChI is InChI=1S/C8H16O2/c1-3-9-8-7(2)5-4-6-10-8/h7-8H,3-6H2,1-2H3/t7-,8?/m1/s1. The second-order valence-electron chi connectivity index (χ2n) is 2.81. The summed E-state index contributed by atoms with van der Waals surface area (Å²) in [6.07, 6.45) is 2.49. The first-order valence-corrected chi connectivity index (χ1v) is 4.07. The monoisotopic (exact) mass is 144 g/mol. The molecule has 0 amide bonds. The zero-order chi connectivity index (χ0) is 7.40. The molecule has 2 nitrogen and oxygen atoms in total. The van der Waals surface area contributed by atoms with E-state index >= 15 is 0 Å². The van der Waals surface area contributed by atoms with Crippen molar-refractivity contribution in [3.05, 3.63) is 0 Å².